The van der Waals surface area contributed by atoms with E-state index < -0.39 is 0 Å². The third-order valence-electron chi connectivity index (χ3n) is 4.50. The Balaban J connectivity index is 1.79. The molecule has 4 rings (SSSR count). The van der Waals surface area contributed by atoms with Crippen LogP contribution in [-0.4, -0.2) is 4.98 Å². The summed E-state index contributed by atoms with van der Waals surface area (Å²) < 4.78 is 0. The summed E-state index contributed by atoms with van der Waals surface area (Å²) in [5.41, 5.74) is 5.77. The maximum Gasteiger partial charge on any atom is 0.0893 e. The summed E-state index contributed by atoms with van der Waals surface area (Å²) in [7, 11) is 0. The summed E-state index contributed by atoms with van der Waals surface area (Å²) in [6.45, 7) is 2.87. The van der Waals surface area contributed by atoms with Gasteiger partial charge in [-0.2, -0.15) is 0 Å². The van der Waals surface area contributed by atoms with Crippen LogP contribution in [0.1, 0.15) is 11.1 Å². The predicted molar refractivity (Wildman–Crippen MR) is 105 cm³/mol. The van der Waals surface area contributed by atoms with E-state index in [1.807, 2.05) is 12.1 Å². The quantitative estimate of drug-likeness (QED) is 0.527. The lowest BCUT2D eigenvalue weighted by Gasteiger charge is -2.15. The molecule has 25 heavy (non-hydrogen) atoms. The van der Waals surface area contributed by atoms with Gasteiger partial charge in [0.2, 0.25) is 0 Å². The number of nitrogens with one attached hydrogen (secondary N) is 1. The molecule has 0 aliphatic heterocycles. The fourth-order valence-corrected chi connectivity index (χ4v) is 3.19. The standard InChI is InChI=1S/C23H19N2/c1-17-8-2-5-11-21(17)25-16-19-14-13-18-9-3-4-10-20(18)23(19)22-12-6-7-15-24-22/h2-14,25H,16H2,1H3. The molecule has 0 aliphatic carbocycles. The molecule has 0 unspecified atom stereocenters. The van der Waals surface area contributed by atoms with E-state index in [0.717, 1.165) is 17.9 Å². The summed E-state index contributed by atoms with van der Waals surface area (Å²) in [4.78, 5) is 4.48. The summed E-state index contributed by atoms with van der Waals surface area (Å²) in [5, 5.41) is 6.01. The summed E-state index contributed by atoms with van der Waals surface area (Å²) in [6, 6.07) is 27.1. The van der Waals surface area contributed by atoms with E-state index in [9.17, 15) is 0 Å². The third kappa shape index (κ3) is 3.11. The van der Waals surface area contributed by atoms with Crippen molar-refractivity contribution in [2.24, 2.45) is 0 Å². The van der Waals surface area contributed by atoms with Gasteiger partial charge in [-0.1, -0.05) is 60.7 Å². The van der Waals surface area contributed by atoms with Gasteiger partial charge < -0.3 is 5.32 Å². The first kappa shape index (κ1) is 15.4. The van der Waals surface area contributed by atoms with E-state index >= 15 is 0 Å². The number of rotatable bonds is 4. The Kier molecular flexibility index (Phi) is 4.17. The highest BCUT2D eigenvalue weighted by atomic mass is 14.9. The van der Waals surface area contributed by atoms with Crippen molar-refractivity contribution in [1.29, 1.82) is 0 Å². The first-order valence-corrected chi connectivity index (χ1v) is 8.46. The van der Waals surface area contributed by atoms with Crippen LogP contribution in [0.25, 0.3) is 22.0 Å². The summed E-state index contributed by atoms with van der Waals surface area (Å²) in [6.07, 6.45) is 2.96. The molecule has 0 fully saturated rings. The lowest BCUT2D eigenvalue weighted by molar-refractivity contribution is 1.14. The van der Waals surface area contributed by atoms with Crippen LogP contribution in [0.2, 0.25) is 0 Å². The van der Waals surface area contributed by atoms with Crippen molar-refractivity contribution in [2.75, 3.05) is 5.32 Å². The van der Waals surface area contributed by atoms with Gasteiger partial charge in [0.25, 0.3) is 0 Å². The summed E-state index contributed by atoms with van der Waals surface area (Å²) >= 11 is 0. The molecule has 4 aromatic rings. The molecule has 121 valence electrons. The first-order chi connectivity index (χ1) is 12.3. The van der Waals surface area contributed by atoms with Gasteiger partial charge in [-0.15, -0.1) is 0 Å². The SMILES string of the molecule is Cc1ccccc1NCc1ccc2ccccc2c1-c1ccc[c]n1. The van der Waals surface area contributed by atoms with Crippen molar-refractivity contribution in [3.05, 3.63) is 96.2 Å². The highest BCUT2D eigenvalue weighted by Gasteiger charge is 2.11. The van der Waals surface area contributed by atoms with Gasteiger partial charge in [-0.05, 0) is 47.0 Å². The van der Waals surface area contributed by atoms with Gasteiger partial charge >= 0.3 is 0 Å². The number of nitrogens with zero attached hydrogens (tertiary/aromatic N) is 1. The zero-order valence-corrected chi connectivity index (χ0v) is 14.2. The maximum absolute atomic E-state index is 4.48. The van der Waals surface area contributed by atoms with Gasteiger partial charge in [0.15, 0.2) is 0 Å². The smallest absolute Gasteiger partial charge is 0.0893 e. The van der Waals surface area contributed by atoms with Crippen LogP contribution >= 0.6 is 0 Å². The number of aromatic nitrogens is 1. The molecule has 0 saturated heterocycles. The van der Waals surface area contributed by atoms with Crippen LogP contribution < -0.4 is 5.32 Å². The third-order valence-corrected chi connectivity index (χ3v) is 4.50. The monoisotopic (exact) mass is 323 g/mol. The largest absolute Gasteiger partial charge is 0.381 e. The van der Waals surface area contributed by atoms with Crippen LogP contribution in [0.4, 0.5) is 5.69 Å². The minimum Gasteiger partial charge on any atom is -0.381 e. The zero-order chi connectivity index (χ0) is 17.1. The second kappa shape index (κ2) is 6.78. The second-order valence-corrected chi connectivity index (χ2v) is 6.14. The van der Waals surface area contributed by atoms with Crippen molar-refractivity contribution in [3.8, 4) is 11.3 Å². The van der Waals surface area contributed by atoms with Gasteiger partial charge in [-0.3, -0.25) is 0 Å². The molecule has 3 aromatic carbocycles. The molecule has 2 heteroatoms. The van der Waals surface area contributed by atoms with Crippen LogP contribution in [0.15, 0.2) is 78.9 Å². The molecule has 0 bridgehead atoms. The molecule has 2 nitrogen and oxygen atoms in total. The van der Waals surface area contributed by atoms with E-state index in [4.69, 9.17) is 0 Å². The fraction of sp³-hybridized carbons (Fsp3) is 0.0870. The number of benzene rings is 3. The predicted octanol–water partition coefficient (Wildman–Crippen LogP) is 5.62. The van der Waals surface area contributed by atoms with Crippen molar-refractivity contribution in [2.45, 2.75) is 13.5 Å². The van der Waals surface area contributed by atoms with Crippen molar-refractivity contribution >= 4 is 16.5 Å². The number of pyridine rings is 1. The normalized spacial score (nSPS) is 10.8. The topological polar surface area (TPSA) is 24.9 Å². The first-order valence-electron chi connectivity index (χ1n) is 8.46. The van der Waals surface area contributed by atoms with E-state index in [1.165, 1.54) is 27.5 Å². The highest BCUT2D eigenvalue weighted by Crippen LogP contribution is 2.31. The minimum absolute atomic E-state index is 0.752. The van der Waals surface area contributed by atoms with Crippen LogP contribution in [0, 0.1) is 13.1 Å². The number of hydrogen-bond acceptors (Lipinski definition) is 2. The second-order valence-electron chi connectivity index (χ2n) is 6.14. The van der Waals surface area contributed by atoms with E-state index in [1.54, 1.807) is 0 Å². The van der Waals surface area contributed by atoms with Gasteiger partial charge in [0, 0.05) is 17.8 Å². The molecule has 1 N–H and O–H groups in total. The Morgan fingerprint density at radius 2 is 1.72 bits per heavy atom. The Morgan fingerprint density at radius 1 is 0.880 bits per heavy atom. The highest BCUT2D eigenvalue weighted by molar-refractivity contribution is 5.97. The van der Waals surface area contributed by atoms with Gasteiger partial charge in [0.1, 0.15) is 0 Å². The molecule has 0 saturated carbocycles. The summed E-state index contributed by atoms with van der Waals surface area (Å²) in [5.74, 6) is 0. The van der Waals surface area contributed by atoms with Crippen molar-refractivity contribution < 1.29 is 0 Å². The van der Waals surface area contributed by atoms with E-state index in [0.29, 0.717) is 0 Å². The lowest BCUT2D eigenvalue weighted by Crippen LogP contribution is -2.03. The Hall–Kier alpha value is -3.13. The number of fused-ring (bicyclic) bond motifs is 1. The van der Waals surface area contributed by atoms with Gasteiger partial charge in [-0.25, -0.2) is 4.98 Å². The van der Waals surface area contributed by atoms with Crippen molar-refractivity contribution in [1.82, 2.24) is 4.98 Å². The molecule has 0 spiro atoms. The number of hydrogen-bond donors (Lipinski definition) is 1. The number of anilines is 1. The Labute approximate surface area is 148 Å². The average molecular weight is 323 g/mol. The molecule has 1 aromatic heterocycles. The molecule has 1 radical (unpaired) electrons. The van der Waals surface area contributed by atoms with Crippen LogP contribution in [0.3, 0.4) is 0 Å². The van der Waals surface area contributed by atoms with Crippen LogP contribution in [0.5, 0.6) is 0 Å². The number of para-hydroxylation sites is 1. The molecular formula is C23H19N2. The Bertz CT molecular complexity index is 1010. The van der Waals surface area contributed by atoms with Crippen molar-refractivity contribution in [3.63, 3.8) is 0 Å². The van der Waals surface area contributed by atoms with Crippen LogP contribution in [-0.2, 0) is 6.54 Å². The maximum atomic E-state index is 4.48. The van der Waals surface area contributed by atoms with E-state index in [-0.39, 0.29) is 0 Å². The van der Waals surface area contributed by atoms with E-state index in [2.05, 4.69) is 90.2 Å². The molecule has 1 heterocycles. The molecule has 0 aliphatic rings. The van der Waals surface area contributed by atoms with Gasteiger partial charge in [0.05, 0.1) is 11.9 Å². The average Bonchev–Trinajstić information content (AvgIpc) is 2.67. The molecular weight excluding hydrogens is 304 g/mol. The lowest BCUT2D eigenvalue weighted by atomic mass is 9.96. The fourth-order valence-electron chi connectivity index (χ4n) is 3.19. The number of aryl methyl sites for hydroxylation is 1. The molecule has 0 atom stereocenters. The molecule has 0 amide bonds. The minimum atomic E-state index is 0.752. The Morgan fingerprint density at radius 3 is 2.56 bits per heavy atom. The zero-order valence-electron chi connectivity index (χ0n) is 14.2.